The highest BCUT2D eigenvalue weighted by atomic mass is 32.2. The van der Waals surface area contributed by atoms with Gasteiger partial charge in [-0.25, -0.2) is 0 Å². The number of β-lactam (4-membered cyclic amide) rings is 1. The number of carbonyl (C=O) groups excluding carboxylic acids is 2. The standard InChI is InChI=1S/C24H34N8O7S2.C2H6.CH2O2/c1-24(2)20(22(35)32(24)39-41-36-4)28-21(34)19(17-13-40-23(26)27-17)29-38-8-7-37-16-5-6-18-14(9-16)11-31(30(18)3)12-15(33)10-25;1-2;2-1-3/h5-6,9,11,13,15,20,23,27,33H,7-8,10,12,25-26H2,1-4H3;1-2H3;1H,(H,2,3)/p+1/b29-19-;;/t15?,20-,23?;;/m1../s1. The van der Waals surface area contributed by atoms with E-state index in [0.717, 1.165) is 16.0 Å². The molecule has 1 aromatic carbocycles. The lowest BCUT2D eigenvalue weighted by Crippen LogP contribution is -2.76. The lowest BCUT2D eigenvalue weighted by Gasteiger charge is -2.50. The van der Waals surface area contributed by atoms with Gasteiger partial charge in [-0.15, -0.1) is 4.68 Å². The van der Waals surface area contributed by atoms with Crippen LogP contribution in [-0.2, 0) is 41.3 Å². The molecule has 3 heterocycles. The molecule has 1 aromatic heterocycles. The van der Waals surface area contributed by atoms with Crippen LogP contribution in [0, 0.1) is 0 Å². The second-order valence-corrected chi connectivity index (χ2v) is 11.5. The Morgan fingerprint density at radius 1 is 1.35 bits per heavy atom. The normalized spacial score (nSPS) is 19.0. The summed E-state index contributed by atoms with van der Waals surface area (Å²) < 4.78 is 19.6. The van der Waals surface area contributed by atoms with Crippen molar-refractivity contribution in [3.8, 4) is 5.75 Å². The number of aryl methyl sites for hydroxylation is 1. The largest absolute Gasteiger partial charge is 0.490 e. The monoisotopic (exact) mass is 687 g/mol. The number of hydrogen-bond acceptors (Lipinski definition) is 14. The van der Waals surface area contributed by atoms with Gasteiger partial charge in [0.15, 0.2) is 31.2 Å². The first-order chi connectivity index (χ1) is 22.0. The number of oxime groups is 1. The molecular formula is C27H43N8O9S2+. The lowest BCUT2D eigenvalue weighted by molar-refractivity contribution is -0.775. The number of carboxylic acid groups (broad SMARTS) is 1. The second-order valence-electron chi connectivity index (χ2n) is 9.85. The maximum absolute atomic E-state index is 13.2. The van der Waals surface area contributed by atoms with Gasteiger partial charge >= 0.3 is 0 Å². The summed E-state index contributed by atoms with van der Waals surface area (Å²) in [5, 5.41) is 30.2. The van der Waals surface area contributed by atoms with E-state index < -0.39 is 35.0 Å². The van der Waals surface area contributed by atoms with Crippen LogP contribution in [0.25, 0.3) is 10.9 Å². The third-order valence-electron chi connectivity index (χ3n) is 6.52. The van der Waals surface area contributed by atoms with Crippen molar-refractivity contribution in [3.63, 3.8) is 0 Å². The van der Waals surface area contributed by atoms with Gasteiger partial charge in [0, 0.05) is 12.0 Å². The number of aromatic nitrogens is 2. The number of thioether (sulfide) groups is 1. The number of benzene rings is 1. The molecule has 3 atom stereocenters. The Hall–Kier alpha value is -3.59. The summed E-state index contributed by atoms with van der Waals surface area (Å²) in [4.78, 5) is 39.5. The van der Waals surface area contributed by atoms with E-state index in [1.165, 1.54) is 18.9 Å². The zero-order valence-electron chi connectivity index (χ0n) is 26.5. The van der Waals surface area contributed by atoms with E-state index in [-0.39, 0.29) is 31.9 Å². The number of ether oxygens (including phenoxy) is 1. The number of aliphatic hydroxyl groups excluding tert-OH is 1. The maximum atomic E-state index is 13.2. The highest BCUT2D eigenvalue weighted by Gasteiger charge is 2.57. The maximum Gasteiger partial charge on any atom is 0.290 e. The third-order valence-corrected chi connectivity index (χ3v) is 7.64. The highest BCUT2D eigenvalue weighted by Crippen LogP contribution is 2.34. The molecule has 46 heavy (non-hydrogen) atoms. The Bertz CT molecular complexity index is 1390. The number of aliphatic hydroxyl groups is 1. The number of rotatable bonds is 14. The topological polar surface area (TPSA) is 229 Å². The summed E-state index contributed by atoms with van der Waals surface area (Å²) in [7, 11) is 3.31. The molecule has 4 rings (SSSR count). The molecule has 2 aliphatic rings. The molecule has 0 saturated carbocycles. The number of nitrogens with two attached hydrogens (primary N) is 2. The van der Waals surface area contributed by atoms with Crippen molar-refractivity contribution < 1.29 is 47.3 Å². The van der Waals surface area contributed by atoms with E-state index in [0.29, 0.717) is 30.3 Å². The van der Waals surface area contributed by atoms with Crippen LogP contribution in [0.4, 0.5) is 0 Å². The average molecular weight is 688 g/mol. The molecule has 2 unspecified atom stereocenters. The predicted octanol–water partition coefficient (Wildman–Crippen LogP) is -0.0693. The summed E-state index contributed by atoms with van der Waals surface area (Å²) in [5.74, 6) is -0.434. The predicted molar refractivity (Wildman–Crippen MR) is 172 cm³/mol. The van der Waals surface area contributed by atoms with Gasteiger partial charge in [0.05, 0.1) is 30.8 Å². The first kappa shape index (κ1) is 38.6. The van der Waals surface area contributed by atoms with E-state index in [1.807, 2.05) is 54.7 Å². The summed E-state index contributed by atoms with van der Waals surface area (Å²) in [5.41, 5.74) is 11.4. The average Bonchev–Trinajstić information content (AvgIpc) is 3.60. The summed E-state index contributed by atoms with van der Waals surface area (Å²) >= 11 is 1.93. The van der Waals surface area contributed by atoms with Crippen molar-refractivity contribution in [2.45, 2.75) is 57.4 Å². The van der Waals surface area contributed by atoms with Crippen LogP contribution in [0.3, 0.4) is 0 Å². The van der Waals surface area contributed by atoms with E-state index in [1.54, 1.807) is 19.3 Å². The van der Waals surface area contributed by atoms with Gasteiger partial charge in [-0.2, -0.15) is 14.0 Å². The fourth-order valence-electron chi connectivity index (χ4n) is 4.26. The van der Waals surface area contributed by atoms with Gasteiger partial charge in [0.2, 0.25) is 6.20 Å². The minimum atomic E-state index is -0.852. The Labute approximate surface area is 275 Å². The number of nitrogens with zero attached hydrogens (tertiary/aromatic N) is 4. The van der Waals surface area contributed by atoms with Gasteiger partial charge in [-0.1, -0.05) is 30.8 Å². The van der Waals surface area contributed by atoms with Crippen molar-refractivity contribution in [1.29, 1.82) is 0 Å². The molecule has 0 aliphatic carbocycles. The van der Waals surface area contributed by atoms with Crippen molar-refractivity contribution in [1.82, 2.24) is 20.4 Å². The number of fused-ring (bicyclic) bond motifs is 1. The number of hydroxylamine groups is 2. The zero-order valence-corrected chi connectivity index (χ0v) is 28.2. The molecule has 19 heteroatoms. The van der Waals surface area contributed by atoms with E-state index >= 15 is 0 Å². The SMILES string of the molecule is CC.COSON1C(=O)[C@@H](NC(=O)/C(=N\OCCOc2ccc3c(c2)c[n+](CC(O)CN)n3C)C2=CSC(N)N2)C1(C)C.O=CO. The number of hydrogen-bond donors (Lipinski definition) is 6. The van der Waals surface area contributed by atoms with Crippen LogP contribution in [0.2, 0.25) is 0 Å². The van der Waals surface area contributed by atoms with Crippen LogP contribution in [0.5, 0.6) is 5.75 Å². The smallest absolute Gasteiger partial charge is 0.290 e. The molecule has 256 valence electrons. The minimum Gasteiger partial charge on any atom is -0.490 e. The van der Waals surface area contributed by atoms with Gasteiger partial charge in [0.1, 0.15) is 35.5 Å². The Balaban J connectivity index is 0.00000139. The molecule has 2 aliphatic heterocycles. The Kier molecular flexibility index (Phi) is 15.5. The van der Waals surface area contributed by atoms with E-state index in [9.17, 15) is 14.7 Å². The molecule has 8 N–H and O–H groups in total. The van der Waals surface area contributed by atoms with Crippen LogP contribution < -0.4 is 31.5 Å². The molecular weight excluding hydrogens is 644 g/mol. The fraction of sp³-hybridized carbons (Fsp3) is 0.519. The quantitative estimate of drug-likeness (QED) is 0.0291. The third kappa shape index (κ3) is 9.71. The number of amides is 2. The molecule has 0 radical (unpaired) electrons. The second kappa shape index (κ2) is 18.5. The molecule has 2 aromatic rings. The molecule has 1 saturated heterocycles. The number of nitrogens with one attached hydrogen (secondary N) is 2. The zero-order chi connectivity index (χ0) is 34.4. The molecule has 0 spiro atoms. The first-order valence-corrected chi connectivity index (χ1v) is 15.8. The van der Waals surface area contributed by atoms with Crippen LogP contribution in [0.1, 0.15) is 27.7 Å². The van der Waals surface area contributed by atoms with Crippen molar-refractivity contribution in [3.05, 3.63) is 35.5 Å². The van der Waals surface area contributed by atoms with Crippen LogP contribution in [0.15, 0.2) is 40.7 Å². The molecule has 1 fully saturated rings. The Morgan fingerprint density at radius 2 is 2.04 bits per heavy atom. The van der Waals surface area contributed by atoms with Crippen molar-refractivity contribution >= 4 is 59.0 Å². The van der Waals surface area contributed by atoms with Gasteiger partial charge < -0.3 is 41.9 Å². The van der Waals surface area contributed by atoms with E-state index in [4.69, 9.17) is 39.4 Å². The lowest BCUT2D eigenvalue weighted by atomic mass is 9.84. The minimum absolute atomic E-state index is 0.0441. The first-order valence-electron chi connectivity index (χ1n) is 14.2. The summed E-state index contributed by atoms with van der Waals surface area (Å²) in [6.07, 6.45) is 1.27. The summed E-state index contributed by atoms with van der Waals surface area (Å²) in [6, 6.07) is 4.77. The van der Waals surface area contributed by atoms with Crippen molar-refractivity contribution in [2.75, 3.05) is 26.9 Å². The van der Waals surface area contributed by atoms with E-state index in [2.05, 4.69) is 15.8 Å². The number of carbonyl (C=O) groups is 3. The highest BCUT2D eigenvalue weighted by molar-refractivity contribution is 8.02. The van der Waals surface area contributed by atoms with Gasteiger partial charge in [0.25, 0.3) is 18.3 Å². The van der Waals surface area contributed by atoms with Gasteiger partial charge in [-0.05, 0) is 32.0 Å². The van der Waals surface area contributed by atoms with Crippen molar-refractivity contribution in [2.24, 2.45) is 23.7 Å². The van der Waals surface area contributed by atoms with Crippen LogP contribution >= 0.6 is 24.1 Å². The molecule has 17 nitrogen and oxygen atoms in total. The van der Waals surface area contributed by atoms with Gasteiger partial charge in [-0.3, -0.25) is 18.6 Å². The molecule has 0 bridgehead atoms. The van der Waals surface area contributed by atoms with Crippen LogP contribution in [-0.4, -0.2) is 94.0 Å². The Morgan fingerprint density at radius 3 is 2.63 bits per heavy atom. The fourth-order valence-corrected chi connectivity index (χ4v) is 5.31. The molecule has 2 amide bonds. The summed E-state index contributed by atoms with van der Waals surface area (Å²) in [6.45, 7) is 7.99.